The third-order valence-corrected chi connectivity index (χ3v) is 11.1. The minimum Gasteiger partial charge on any atom is -0.455 e. The normalized spacial score (nSPS) is 15.7. The Hall–Kier alpha value is -6.75. The molecule has 2 aromatic heterocycles. The van der Waals surface area contributed by atoms with Crippen LogP contribution in [0.25, 0.3) is 71.7 Å². The van der Waals surface area contributed by atoms with Gasteiger partial charge in [0.05, 0.1) is 17.1 Å². The highest BCUT2D eigenvalue weighted by Crippen LogP contribution is 2.41. The van der Waals surface area contributed by atoms with E-state index in [2.05, 4.69) is 156 Å². The molecule has 0 spiro atoms. The molecule has 2 unspecified atom stereocenters. The van der Waals surface area contributed by atoms with Crippen molar-refractivity contribution in [2.45, 2.75) is 18.5 Å². The lowest BCUT2D eigenvalue weighted by Crippen LogP contribution is -2.36. The summed E-state index contributed by atoms with van der Waals surface area (Å²) in [5, 5.41) is 4.74. The van der Waals surface area contributed by atoms with Gasteiger partial charge in [0.1, 0.15) is 11.2 Å². The maximum Gasteiger partial charge on any atom is 0.143 e. The van der Waals surface area contributed by atoms with Crippen molar-refractivity contribution >= 4 is 55.7 Å². The molecule has 0 fully saturated rings. The van der Waals surface area contributed by atoms with Crippen molar-refractivity contribution < 1.29 is 4.42 Å². The number of hydrogen-bond donors (Lipinski definition) is 1. The topological polar surface area (TPSA) is 56.5 Å². The zero-order valence-electron chi connectivity index (χ0n) is 30.3. The fraction of sp³-hybridized carbons (Fsp3) is 0.0784. The van der Waals surface area contributed by atoms with E-state index >= 15 is 0 Å². The van der Waals surface area contributed by atoms with Gasteiger partial charge in [0, 0.05) is 51.0 Å². The summed E-state index contributed by atoms with van der Waals surface area (Å²) in [6.07, 6.45) is 9.44. The van der Waals surface area contributed by atoms with Gasteiger partial charge in [-0.1, -0.05) is 158 Å². The molecule has 0 amide bonds. The molecule has 0 bridgehead atoms. The molecule has 0 saturated carbocycles. The highest BCUT2D eigenvalue weighted by molar-refractivity contribution is 6.12. The predicted molar refractivity (Wildman–Crippen MR) is 230 cm³/mol. The third kappa shape index (κ3) is 5.97. The molecule has 3 atom stereocenters. The molecule has 0 aliphatic heterocycles. The van der Waals surface area contributed by atoms with Crippen molar-refractivity contribution in [3.8, 4) is 22.3 Å². The Kier molecular flexibility index (Phi) is 8.31. The zero-order chi connectivity index (χ0) is 36.7. The van der Waals surface area contributed by atoms with E-state index in [4.69, 9.17) is 15.1 Å². The summed E-state index contributed by atoms with van der Waals surface area (Å²) in [5.41, 5.74) is 19.4. The number of nitrogens with zero attached hydrogens (tertiary/aromatic N) is 2. The molecule has 264 valence electrons. The van der Waals surface area contributed by atoms with Crippen LogP contribution in [-0.4, -0.2) is 16.8 Å². The van der Waals surface area contributed by atoms with E-state index in [0.29, 0.717) is 0 Å². The number of rotatable bonds is 8. The zero-order valence-corrected chi connectivity index (χ0v) is 30.3. The van der Waals surface area contributed by atoms with E-state index in [0.717, 1.165) is 61.7 Å². The van der Waals surface area contributed by atoms with Gasteiger partial charge in [0.15, 0.2) is 0 Å². The molecule has 1 aliphatic carbocycles. The number of furan rings is 1. The lowest BCUT2D eigenvalue weighted by atomic mass is 9.84. The van der Waals surface area contributed by atoms with Crippen molar-refractivity contribution in [3.05, 3.63) is 199 Å². The van der Waals surface area contributed by atoms with E-state index in [1.807, 2.05) is 42.6 Å². The van der Waals surface area contributed by atoms with Crippen molar-refractivity contribution in [1.29, 1.82) is 0 Å². The molecule has 9 aromatic rings. The molecule has 0 radical (unpaired) electrons. The fourth-order valence-electron chi connectivity index (χ4n) is 8.41. The van der Waals surface area contributed by atoms with Crippen LogP contribution in [0.5, 0.6) is 0 Å². The van der Waals surface area contributed by atoms with Crippen LogP contribution in [0.1, 0.15) is 23.6 Å². The van der Waals surface area contributed by atoms with Gasteiger partial charge in [0.2, 0.25) is 0 Å². The van der Waals surface area contributed by atoms with E-state index in [1.165, 1.54) is 27.5 Å². The van der Waals surface area contributed by atoms with Crippen LogP contribution < -0.4 is 5.73 Å². The highest BCUT2D eigenvalue weighted by atomic mass is 16.3. The molecular formula is C51H39N3O. The minimum absolute atomic E-state index is 0.0789. The summed E-state index contributed by atoms with van der Waals surface area (Å²) < 4.78 is 8.87. The number of hydrogen-bond acceptors (Lipinski definition) is 3. The SMILES string of the molecule is NC(C1C=CC=C(n2c3ccccc3c3ccc(-c4cccc(-c5cccc6c5oc5ccccc56)c4)cc32)C1)[C@H](/N=C/c1ccccc1)c1ccccc1. The maximum absolute atomic E-state index is 7.24. The van der Waals surface area contributed by atoms with Crippen LogP contribution >= 0.6 is 0 Å². The molecule has 4 heteroatoms. The first-order chi connectivity index (χ1) is 27.2. The Morgan fingerprint density at radius 2 is 1.31 bits per heavy atom. The van der Waals surface area contributed by atoms with Crippen LogP contribution in [0, 0.1) is 5.92 Å². The first-order valence-corrected chi connectivity index (χ1v) is 19.0. The van der Waals surface area contributed by atoms with Gasteiger partial charge in [-0.25, -0.2) is 0 Å². The predicted octanol–water partition coefficient (Wildman–Crippen LogP) is 12.6. The number of para-hydroxylation sites is 3. The maximum atomic E-state index is 7.24. The number of benzene rings is 7. The number of aliphatic imine (C=N–C) groups is 1. The number of allylic oxidation sites excluding steroid dienone is 3. The largest absolute Gasteiger partial charge is 0.455 e. The van der Waals surface area contributed by atoms with Crippen molar-refractivity contribution in [2.75, 3.05) is 0 Å². The van der Waals surface area contributed by atoms with Crippen molar-refractivity contribution in [2.24, 2.45) is 16.6 Å². The van der Waals surface area contributed by atoms with Gasteiger partial charge in [-0.15, -0.1) is 0 Å². The fourth-order valence-corrected chi connectivity index (χ4v) is 8.41. The average molecular weight is 710 g/mol. The summed E-state index contributed by atoms with van der Waals surface area (Å²) in [5.74, 6) is 0.0789. The van der Waals surface area contributed by atoms with Crippen molar-refractivity contribution in [1.82, 2.24) is 4.57 Å². The summed E-state index contributed by atoms with van der Waals surface area (Å²) in [4.78, 5) is 5.11. The highest BCUT2D eigenvalue weighted by Gasteiger charge is 2.29. The second-order valence-corrected chi connectivity index (χ2v) is 14.5. The minimum atomic E-state index is -0.232. The smallest absolute Gasteiger partial charge is 0.143 e. The van der Waals surface area contributed by atoms with Gasteiger partial charge < -0.3 is 14.7 Å². The molecular weight excluding hydrogens is 671 g/mol. The second kappa shape index (κ2) is 13.9. The average Bonchev–Trinajstić information content (AvgIpc) is 3.80. The molecule has 2 N–H and O–H groups in total. The van der Waals surface area contributed by atoms with E-state index in [-0.39, 0.29) is 18.0 Å². The molecule has 7 aromatic carbocycles. The Labute approximate surface area is 320 Å². The first kappa shape index (κ1) is 32.9. The van der Waals surface area contributed by atoms with Crippen LogP contribution in [0.4, 0.5) is 0 Å². The van der Waals surface area contributed by atoms with E-state index in [1.54, 1.807) is 0 Å². The van der Waals surface area contributed by atoms with Gasteiger partial charge >= 0.3 is 0 Å². The lowest BCUT2D eigenvalue weighted by Gasteiger charge is -2.30. The summed E-state index contributed by atoms with van der Waals surface area (Å²) >= 11 is 0. The third-order valence-electron chi connectivity index (χ3n) is 11.1. The van der Waals surface area contributed by atoms with Gasteiger partial charge in [-0.2, -0.15) is 0 Å². The first-order valence-electron chi connectivity index (χ1n) is 19.0. The van der Waals surface area contributed by atoms with Gasteiger partial charge in [-0.05, 0) is 64.6 Å². The van der Waals surface area contributed by atoms with Crippen LogP contribution in [0.3, 0.4) is 0 Å². The van der Waals surface area contributed by atoms with Crippen molar-refractivity contribution in [3.63, 3.8) is 0 Å². The molecule has 55 heavy (non-hydrogen) atoms. The quantitative estimate of drug-likeness (QED) is 0.160. The van der Waals surface area contributed by atoms with E-state index < -0.39 is 0 Å². The number of aromatic nitrogens is 1. The van der Waals surface area contributed by atoms with Crippen LogP contribution in [0.2, 0.25) is 0 Å². The van der Waals surface area contributed by atoms with Crippen LogP contribution in [0.15, 0.2) is 197 Å². The Morgan fingerprint density at radius 3 is 2.18 bits per heavy atom. The summed E-state index contributed by atoms with van der Waals surface area (Å²) in [6.45, 7) is 0. The monoisotopic (exact) mass is 709 g/mol. The number of nitrogens with two attached hydrogens (primary N) is 1. The molecule has 1 aliphatic rings. The molecule has 2 heterocycles. The Balaban J connectivity index is 1.02. The molecule has 0 saturated heterocycles. The second-order valence-electron chi connectivity index (χ2n) is 14.5. The van der Waals surface area contributed by atoms with E-state index in [9.17, 15) is 0 Å². The summed E-state index contributed by atoms with van der Waals surface area (Å²) in [6, 6.07) is 59.4. The Bertz CT molecular complexity index is 2930. The molecule has 4 nitrogen and oxygen atoms in total. The lowest BCUT2D eigenvalue weighted by molar-refractivity contribution is 0.435. The number of fused-ring (bicyclic) bond motifs is 6. The van der Waals surface area contributed by atoms with Gasteiger partial charge in [0.25, 0.3) is 0 Å². The van der Waals surface area contributed by atoms with Gasteiger partial charge in [-0.3, -0.25) is 4.99 Å². The Morgan fingerprint density at radius 1 is 0.618 bits per heavy atom. The summed E-state index contributed by atoms with van der Waals surface area (Å²) in [7, 11) is 0. The standard InChI is InChI=1S/C51H39N3O/c52-49(50(35-16-5-2-6-17-35)53-33-34-14-3-1-4-15-34)39-20-12-21-40(31-39)54-46-26-9-7-22-42(46)43-29-28-37(32-47(43)54)36-18-11-19-38(30-36)41-24-13-25-45-44-23-8-10-27-48(44)55-51(41)45/h1-30,32-33,39,49-50H,31,52H2/b53-33+/t39?,49?,50-/m1/s1. The van der Waals surface area contributed by atoms with Crippen LogP contribution in [-0.2, 0) is 0 Å². The molecule has 10 rings (SSSR count).